The zero-order chi connectivity index (χ0) is 13.7. The number of pyridine rings is 1. The van der Waals surface area contributed by atoms with E-state index in [1.807, 2.05) is 12.3 Å². The molecule has 0 amide bonds. The van der Waals surface area contributed by atoms with E-state index in [-0.39, 0.29) is 11.5 Å². The van der Waals surface area contributed by atoms with Crippen molar-refractivity contribution in [2.75, 3.05) is 5.32 Å². The highest BCUT2D eigenvalue weighted by atomic mass is 15.0. The molecule has 0 radical (unpaired) electrons. The molecule has 0 spiro atoms. The van der Waals surface area contributed by atoms with Crippen molar-refractivity contribution in [2.45, 2.75) is 33.2 Å². The fourth-order valence-corrected chi connectivity index (χ4v) is 2.00. The molecule has 1 N–H and O–H groups in total. The second-order valence-corrected chi connectivity index (χ2v) is 5.84. The molecule has 4 heteroatoms. The van der Waals surface area contributed by atoms with Crippen LogP contribution < -0.4 is 5.32 Å². The molecule has 0 aliphatic carbocycles. The van der Waals surface area contributed by atoms with Crippen molar-refractivity contribution in [3.63, 3.8) is 0 Å². The lowest BCUT2D eigenvalue weighted by molar-refractivity contribution is 0.352. The Morgan fingerprint density at radius 1 is 1.11 bits per heavy atom. The zero-order valence-corrected chi connectivity index (χ0v) is 11.7. The highest BCUT2D eigenvalue weighted by molar-refractivity contribution is 5.35. The maximum Gasteiger partial charge on any atom is 0.144 e. The molecule has 1 atom stereocenters. The summed E-state index contributed by atoms with van der Waals surface area (Å²) in [6, 6.07) is 4.24. The fraction of sp³-hybridized carbons (Fsp3) is 0.400. The van der Waals surface area contributed by atoms with Crippen LogP contribution in [0, 0.1) is 5.41 Å². The Morgan fingerprint density at radius 3 is 2.47 bits per heavy atom. The van der Waals surface area contributed by atoms with E-state index in [0.717, 1.165) is 12.2 Å². The topological polar surface area (TPSA) is 50.7 Å². The molecular formula is C15H20N4. The van der Waals surface area contributed by atoms with Crippen LogP contribution in [0.3, 0.4) is 0 Å². The molecule has 2 heterocycles. The number of rotatable bonds is 4. The minimum atomic E-state index is 0.186. The third-order valence-corrected chi connectivity index (χ3v) is 2.79. The quantitative estimate of drug-likeness (QED) is 0.910. The molecule has 0 saturated carbocycles. The molecule has 1 unspecified atom stereocenters. The van der Waals surface area contributed by atoms with Crippen LogP contribution in [0.4, 0.5) is 5.82 Å². The van der Waals surface area contributed by atoms with Gasteiger partial charge in [0.15, 0.2) is 0 Å². The van der Waals surface area contributed by atoms with Crippen molar-refractivity contribution in [3.05, 3.63) is 48.7 Å². The van der Waals surface area contributed by atoms with Gasteiger partial charge in [-0.25, -0.2) is 4.98 Å². The molecular weight excluding hydrogens is 236 g/mol. The Balaban J connectivity index is 2.20. The van der Waals surface area contributed by atoms with E-state index >= 15 is 0 Å². The van der Waals surface area contributed by atoms with Gasteiger partial charge in [0.1, 0.15) is 5.82 Å². The number of hydrogen-bond donors (Lipinski definition) is 1. The van der Waals surface area contributed by atoms with E-state index < -0.39 is 0 Å². The van der Waals surface area contributed by atoms with Gasteiger partial charge in [0.25, 0.3) is 0 Å². The van der Waals surface area contributed by atoms with Crippen LogP contribution in [-0.4, -0.2) is 15.0 Å². The first-order valence-corrected chi connectivity index (χ1v) is 6.47. The van der Waals surface area contributed by atoms with Crippen molar-refractivity contribution in [1.82, 2.24) is 15.0 Å². The second kappa shape index (κ2) is 5.78. The summed E-state index contributed by atoms with van der Waals surface area (Å²) in [5.41, 5.74) is 1.39. The Labute approximate surface area is 114 Å². The molecule has 0 aromatic carbocycles. The van der Waals surface area contributed by atoms with Gasteiger partial charge in [-0.2, -0.15) is 0 Å². The van der Waals surface area contributed by atoms with E-state index in [1.165, 1.54) is 5.56 Å². The van der Waals surface area contributed by atoms with E-state index in [9.17, 15) is 0 Å². The van der Waals surface area contributed by atoms with Gasteiger partial charge in [0.05, 0.1) is 12.2 Å². The second-order valence-electron chi connectivity index (χ2n) is 5.84. The average Bonchev–Trinajstić information content (AvgIpc) is 2.39. The van der Waals surface area contributed by atoms with Crippen molar-refractivity contribution in [2.24, 2.45) is 5.41 Å². The number of hydrogen-bond acceptors (Lipinski definition) is 4. The van der Waals surface area contributed by atoms with Crippen molar-refractivity contribution < 1.29 is 0 Å². The monoisotopic (exact) mass is 256 g/mol. The van der Waals surface area contributed by atoms with Crippen LogP contribution in [-0.2, 0) is 0 Å². The molecule has 4 nitrogen and oxygen atoms in total. The van der Waals surface area contributed by atoms with Gasteiger partial charge in [-0.1, -0.05) is 26.8 Å². The minimum absolute atomic E-state index is 0.186. The SMILES string of the molecule is CC(C)(C)CC(Nc1cnccn1)c1cccnc1. The fourth-order valence-electron chi connectivity index (χ4n) is 2.00. The third kappa shape index (κ3) is 4.32. The number of aromatic nitrogens is 3. The van der Waals surface area contributed by atoms with E-state index in [4.69, 9.17) is 0 Å². The molecule has 2 rings (SSSR count). The molecule has 0 aliphatic rings. The number of nitrogens with one attached hydrogen (secondary N) is 1. The van der Waals surface area contributed by atoms with Gasteiger partial charge < -0.3 is 5.32 Å². The lowest BCUT2D eigenvalue weighted by Crippen LogP contribution is -2.19. The standard InChI is InChI=1S/C15H20N4/c1-15(2,3)9-13(12-5-4-6-16-10-12)19-14-11-17-7-8-18-14/h4-8,10-11,13H,9H2,1-3H3,(H,18,19). The lowest BCUT2D eigenvalue weighted by Gasteiger charge is -2.27. The first-order valence-electron chi connectivity index (χ1n) is 6.47. The van der Waals surface area contributed by atoms with Crippen LogP contribution >= 0.6 is 0 Å². The van der Waals surface area contributed by atoms with Crippen molar-refractivity contribution >= 4 is 5.82 Å². The highest BCUT2D eigenvalue weighted by Gasteiger charge is 2.20. The number of nitrogens with zero attached hydrogens (tertiary/aromatic N) is 3. The number of anilines is 1. The summed E-state index contributed by atoms with van der Waals surface area (Å²) < 4.78 is 0. The van der Waals surface area contributed by atoms with Gasteiger partial charge in [0.2, 0.25) is 0 Å². The van der Waals surface area contributed by atoms with Crippen LogP contribution in [0.25, 0.3) is 0 Å². The van der Waals surface area contributed by atoms with E-state index in [1.54, 1.807) is 24.8 Å². The van der Waals surface area contributed by atoms with Crippen molar-refractivity contribution in [3.8, 4) is 0 Å². The molecule has 100 valence electrons. The predicted molar refractivity (Wildman–Crippen MR) is 76.7 cm³/mol. The molecule has 0 saturated heterocycles. The minimum Gasteiger partial charge on any atom is -0.362 e. The van der Waals surface area contributed by atoms with E-state index in [2.05, 4.69) is 47.1 Å². The van der Waals surface area contributed by atoms with Gasteiger partial charge in [-0.05, 0) is 23.5 Å². The summed E-state index contributed by atoms with van der Waals surface area (Å²) in [5.74, 6) is 0.792. The molecule has 2 aromatic rings. The van der Waals surface area contributed by atoms with Crippen molar-refractivity contribution in [1.29, 1.82) is 0 Å². The first kappa shape index (κ1) is 13.5. The molecule has 0 aliphatic heterocycles. The predicted octanol–water partition coefficient (Wildman–Crippen LogP) is 3.46. The molecule has 0 fully saturated rings. The molecule has 2 aromatic heterocycles. The highest BCUT2D eigenvalue weighted by Crippen LogP contribution is 2.31. The first-order chi connectivity index (χ1) is 9.04. The summed E-state index contributed by atoms with van der Waals surface area (Å²) in [6.07, 6.45) is 9.80. The molecule has 0 bridgehead atoms. The van der Waals surface area contributed by atoms with Crippen LogP contribution in [0.5, 0.6) is 0 Å². The van der Waals surface area contributed by atoms with Crippen LogP contribution in [0.15, 0.2) is 43.1 Å². The van der Waals surface area contributed by atoms with Crippen LogP contribution in [0.2, 0.25) is 0 Å². The summed E-state index contributed by atoms with van der Waals surface area (Å²) in [6.45, 7) is 6.69. The summed E-state index contributed by atoms with van der Waals surface area (Å²) in [7, 11) is 0. The summed E-state index contributed by atoms with van der Waals surface area (Å²) >= 11 is 0. The smallest absolute Gasteiger partial charge is 0.144 e. The Hall–Kier alpha value is -1.97. The lowest BCUT2D eigenvalue weighted by atomic mass is 9.86. The Kier molecular flexibility index (Phi) is 4.10. The normalized spacial score (nSPS) is 13.0. The maximum absolute atomic E-state index is 4.28. The van der Waals surface area contributed by atoms with Gasteiger partial charge in [-0.15, -0.1) is 0 Å². The van der Waals surface area contributed by atoms with Gasteiger partial charge >= 0.3 is 0 Å². The summed E-state index contributed by atoms with van der Waals surface area (Å²) in [5, 5.41) is 3.44. The Morgan fingerprint density at radius 2 is 1.89 bits per heavy atom. The maximum atomic E-state index is 4.28. The zero-order valence-electron chi connectivity index (χ0n) is 11.7. The van der Waals surface area contributed by atoms with E-state index in [0.29, 0.717) is 0 Å². The van der Waals surface area contributed by atoms with Crippen LogP contribution in [0.1, 0.15) is 38.8 Å². The Bertz CT molecular complexity index is 491. The largest absolute Gasteiger partial charge is 0.362 e. The third-order valence-electron chi connectivity index (χ3n) is 2.79. The average molecular weight is 256 g/mol. The van der Waals surface area contributed by atoms with Gasteiger partial charge in [-0.3, -0.25) is 9.97 Å². The molecule has 19 heavy (non-hydrogen) atoms. The summed E-state index contributed by atoms with van der Waals surface area (Å²) in [4.78, 5) is 12.6. The van der Waals surface area contributed by atoms with Gasteiger partial charge in [0, 0.05) is 24.8 Å².